The Hall–Kier alpha value is -2.49. The third-order valence-electron chi connectivity index (χ3n) is 4.30. The van der Waals surface area contributed by atoms with Gasteiger partial charge in [-0.1, -0.05) is 30.3 Å². The summed E-state index contributed by atoms with van der Waals surface area (Å²) in [6.45, 7) is 2.13. The SMILES string of the molecule is Nc1ccccc1CCC(=O)Nc1ccccc1N1CCCC1. The van der Waals surface area contributed by atoms with Crippen LogP contribution in [0.4, 0.5) is 17.1 Å². The second-order valence-corrected chi connectivity index (χ2v) is 5.96. The highest BCUT2D eigenvalue weighted by Gasteiger charge is 2.16. The second kappa shape index (κ2) is 7.18. The number of carbonyl (C=O) groups excluding carboxylic acids is 1. The molecule has 3 rings (SSSR count). The number of benzene rings is 2. The molecule has 0 aromatic heterocycles. The van der Waals surface area contributed by atoms with Crippen molar-refractivity contribution in [3.05, 3.63) is 54.1 Å². The van der Waals surface area contributed by atoms with Crippen LogP contribution < -0.4 is 16.0 Å². The van der Waals surface area contributed by atoms with Crippen molar-refractivity contribution in [3.8, 4) is 0 Å². The normalized spacial score (nSPS) is 14.0. The van der Waals surface area contributed by atoms with Crippen molar-refractivity contribution in [1.82, 2.24) is 0 Å². The van der Waals surface area contributed by atoms with Crippen LogP contribution in [-0.4, -0.2) is 19.0 Å². The number of amides is 1. The van der Waals surface area contributed by atoms with Crippen molar-refractivity contribution in [2.75, 3.05) is 29.0 Å². The minimum Gasteiger partial charge on any atom is -0.399 e. The Morgan fingerprint density at radius 1 is 1.04 bits per heavy atom. The van der Waals surface area contributed by atoms with Crippen molar-refractivity contribution >= 4 is 23.0 Å². The van der Waals surface area contributed by atoms with Gasteiger partial charge in [0.1, 0.15) is 0 Å². The van der Waals surface area contributed by atoms with Crippen LogP contribution in [0.2, 0.25) is 0 Å². The van der Waals surface area contributed by atoms with Crippen LogP contribution >= 0.6 is 0 Å². The topological polar surface area (TPSA) is 58.4 Å². The third kappa shape index (κ3) is 3.83. The molecule has 2 aromatic carbocycles. The summed E-state index contributed by atoms with van der Waals surface area (Å²) in [6, 6.07) is 15.7. The first-order valence-electron chi connectivity index (χ1n) is 8.21. The summed E-state index contributed by atoms with van der Waals surface area (Å²) >= 11 is 0. The van der Waals surface area contributed by atoms with E-state index in [9.17, 15) is 4.79 Å². The summed E-state index contributed by atoms with van der Waals surface area (Å²) in [4.78, 5) is 14.6. The zero-order valence-corrected chi connectivity index (χ0v) is 13.3. The molecule has 0 spiro atoms. The number of para-hydroxylation sites is 3. The Morgan fingerprint density at radius 2 is 1.74 bits per heavy atom. The molecule has 0 unspecified atom stereocenters. The molecular formula is C19H23N3O. The molecule has 0 atom stereocenters. The number of carbonyl (C=O) groups is 1. The van der Waals surface area contributed by atoms with E-state index in [2.05, 4.69) is 16.3 Å². The van der Waals surface area contributed by atoms with Gasteiger partial charge in [0.15, 0.2) is 0 Å². The number of anilines is 3. The highest BCUT2D eigenvalue weighted by atomic mass is 16.1. The number of hydrogen-bond acceptors (Lipinski definition) is 3. The molecule has 23 heavy (non-hydrogen) atoms. The Bertz CT molecular complexity index is 678. The Labute approximate surface area is 137 Å². The smallest absolute Gasteiger partial charge is 0.224 e. The zero-order chi connectivity index (χ0) is 16.1. The first kappa shape index (κ1) is 15.4. The monoisotopic (exact) mass is 309 g/mol. The Balaban J connectivity index is 1.63. The number of aryl methyl sites for hydroxylation is 1. The molecule has 0 bridgehead atoms. The summed E-state index contributed by atoms with van der Waals surface area (Å²) in [5.74, 6) is 0.0277. The molecule has 1 heterocycles. The molecule has 4 heteroatoms. The number of rotatable bonds is 5. The van der Waals surface area contributed by atoms with Crippen LogP contribution in [-0.2, 0) is 11.2 Å². The predicted molar refractivity (Wildman–Crippen MR) is 95.7 cm³/mol. The van der Waals surface area contributed by atoms with Gasteiger partial charge < -0.3 is 16.0 Å². The van der Waals surface area contributed by atoms with E-state index in [-0.39, 0.29) is 5.91 Å². The molecule has 0 saturated carbocycles. The van der Waals surface area contributed by atoms with Crippen molar-refractivity contribution in [2.24, 2.45) is 0 Å². The van der Waals surface area contributed by atoms with Crippen molar-refractivity contribution in [2.45, 2.75) is 25.7 Å². The molecule has 1 amide bonds. The molecule has 1 fully saturated rings. The van der Waals surface area contributed by atoms with E-state index in [0.29, 0.717) is 12.8 Å². The Kier molecular flexibility index (Phi) is 4.81. The first-order chi connectivity index (χ1) is 11.2. The summed E-state index contributed by atoms with van der Waals surface area (Å²) < 4.78 is 0. The maximum Gasteiger partial charge on any atom is 0.224 e. The number of nitrogen functional groups attached to an aromatic ring is 1. The van der Waals surface area contributed by atoms with Crippen LogP contribution in [0.5, 0.6) is 0 Å². The fourth-order valence-electron chi connectivity index (χ4n) is 3.04. The highest BCUT2D eigenvalue weighted by molar-refractivity contribution is 5.94. The van der Waals surface area contributed by atoms with E-state index in [4.69, 9.17) is 5.73 Å². The maximum absolute atomic E-state index is 12.3. The van der Waals surface area contributed by atoms with Gasteiger partial charge in [-0.05, 0) is 43.0 Å². The molecule has 4 nitrogen and oxygen atoms in total. The quantitative estimate of drug-likeness (QED) is 0.832. The number of hydrogen-bond donors (Lipinski definition) is 2. The lowest BCUT2D eigenvalue weighted by atomic mass is 10.1. The van der Waals surface area contributed by atoms with Gasteiger partial charge in [-0.25, -0.2) is 0 Å². The number of nitrogens with two attached hydrogens (primary N) is 1. The van der Waals surface area contributed by atoms with Gasteiger partial charge in [0.2, 0.25) is 5.91 Å². The fourth-order valence-corrected chi connectivity index (χ4v) is 3.04. The summed E-state index contributed by atoms with van der Waals surface area (Å²) in [5.41, 5.74) is 9.73. The molecule has 1 saturated heterocycles. The van der Waals surface area contributed by atoms with Crippen molar-refractivity contribution in [3.63, 3.8) is 0 Å². The van der Waals surface area contributed by atoms with Gasteiger partial charge in [0, 0.05) is 25.2 Å². The van der Waals surface area contributed by atoms with E-state index >= 15 is 0 Å². The lowest BCUT2D eigenvalue weighted by Crippen LogP contribution is -2.21. The summed E-state index contributed by atoms with van der Waals surface area (Å²) in [5, 5.41) is 3.06. The van der Waals surface area contributed by atoms with Gasteiger partial charge >= 0.3 is 0 Å². The Morgan fingerprint density at radius 3 is 2.52 bits per heavy atom. The molecule has 120 valence electrons. The van der Waals surface area contributed by atoms with Crippen LogP contribution in [0.1, 0.15) is 24.8 Å². The first-order valence-corrected chi connectivity index (χ1v) is 8.21. The molecular weight excluding hydrogens is 286 g/mol. The fraction of sp³-hybridized carbons (Fsp3) is 0.316. The van der Waals surface area contributed by atoms with Crippen molar-refractivity contribution < 1.29 is 4.79 Å². The number of nitrogens with zero attached hydrogens (tertiary/aromatic N) is 1. The van der Waals surface area contributed by atoms with E-state index < -0.39 is 0 Å². The lowest BCUT2D eigenvalue weighted by Gasteiger charge is -2.21. The van der Waals surface area contributed by atoms with E-state index in [1.807, 2.05) is 42.5 Å². The van der Waals surface area contributed by atoms with Gasteiger partial charge in [-0.3, -0.25) is 4.79 Å². The summed E-state index contributed by atoms with van der Waals surface area (Å²) in [6.07, 6.45) is 3.53. The minimum absolute atomic E-state index is 0.0277. The third-order valence-corrected chi connectivity index (χ3v) is 4.30. The molecule has 2 aromatic rings. The van der Waals surface area contributed by atoms with Crippen LogP contribution in [0, 0.1) is 0 Å². The maximum atomic E-state index is 12.3. The molecule has 3 N–H and O–H groups in total. The van der Waals surface area contributed by atoms with Gasteiger partial charge in [-0.2, -0.15) is 0 Å². The average Bonchev–Trinajstić information content (AvgIpc) is 3.09. The van der Waals surface area contributed by atoms with E-state index in [0.717, 1.165) is 35.7 Å². The van der Waals surface area contributed by atoms with Crippen LogP contribution in [0.3, 0.4) is 0 Å². The van der Waals surface area contributed by atoms with Crippen molar-refractivity contribution in [1.29, 1.82) is 0 Å². The predicted octanol–water partition coefficient (Wildman–Crippen LogP) is 3.44. The summed E-state index contributed by atoms with van der Waals surface area (Å²) in [7, 11) is 0. The second-order valence-electron chi connectivity index (χ2n) is 5.96. The van der Waals surface area contributed by atoms with E-state index in [1.54, 1.807) is 0 Å². The molecule has 1 aliphatic heterocycles. The lowest BCUT2D eigenvalue weighted by molar-refractivity contribution is -0.116. The van der Waals surface area contributed by atoms with Crippen LogP contribution in [0.15, 0.2) is 48.5 Å². The average molecular weight is 309 g/mol. The standard InChI is InChI=1S/C19H23N3O/c20-16-8-2-1-7-15(16)11-12-19(23)21-17-9-3-4-10-18(17)22-13-5-6-14-22/h1-4,7-10H,5-6,11-14,20H2,(H,21,23). The number of nitrogens with one attached hydrogen (secondary N) is 1. The zero-order valence-electron chi connectivity index (χ0n) is 13.3. The molecule has 1 aliphatic rings. The molecule has 0 aliphatic carbocycles. The van der Waals surface area contributed by atoms with Gasteiger partial charge in [0.25, 0.3) is 0 Å². The minimum atomic E-state index is 0.0277. The van der Waals surface area contributed by atoms with Gasteiger partial charge in [-0.15, -0.1) is 0 Å². The molecule has 0 radical (unpaired) electrons. The highest BCUT2D eigenvalue weighted by Crippen LogP contribution is 2.28. The van der Waals surface area contributed by atoms with E-state index in [1.165, 1.54) is 12.8 Å². The van der Waals surface area contributed by atoms with Crippen LogP contribution in [0.25, 0.3) is 0 Å². The van der Waals surface area contributed by atoms with Gasteiger partial charge in [0.05, 0.1) is 11.4 Å². The largest absolute Gasteiger partial charge is 0.399 e.